The molecule has 0 aromatic heterocycles. The lowest BCUT2D eigenvalue weighted by atomic mass is 10.7. The van der Waals surface area contributed by atoms with Gasteiger partial charge in [-0.05, 0) is 0 Å². The molecule has 0 amide bonds. The summed E-state index contributed by atoms with van der Waals surface area (Å²) in [6.07, 6.45) is 0. The van der Waals surface area contributed by atoms with Gasteiger partial charge in [0.2, 0.25) is 0 Å². The summed E-state index contributed by atoms with van der Waals surface area (Å²) in [6.45, 7) is 0.208. The van der Waals surface area contributed by atoms with Gasteiger partial charge in [0.15, 0.2) is 0 Å². The predicted molar refractivity (Wildman–Crippen MR) is 30.7 cm³/mol. The average Bonchev–Trinajstić information content (AvgIpc) is 1.80. The Morgan fingerprint density at radius 3 is 2.56 bits per heavy atom. The van der Waals surface area contributed by atoms with Gasteiger partial charge in [-0.25, -0.2) is 5.43 Å². The van der Waals surface area contributed by atoms with Crippen LogP contribution in [-0.2, 0) is 4.79 Å². The molecule has 4 N–H and O–H groups in total. The minimum atomic E-state index is -0.930. The SMILES string of the molecule is O=C(O)CNNCCO. The number of carboxylic acid groups (broad SMARTS) is 1. The van der Waals surface area contributed by atoms with E-state index in [1.807, 2.05) is 0 Å². The van der Waals surface area contributed by atoms with Crippen LogP contribution in [0.1, 0.15) is 0 Å². The number of aliphatic hydroxyl groups is 1. The predicted octanol–water partition coefficient (Wildman–Crippen LogP) is -1.84. The average molecular weight is 134 g/mol. The normalized spacial score (nSPS) is 9.44. The van der Waals surface area contributed by atoms with Crippen molar-refractivity contribution < 1.29 is 15.0 Å². The van der Waals surface area contributed by atoms with E-state index < -0.39 is 5.97 Å². The molecule has 0 heterocycles. The Morgan fingerprint density at radius 1 is 1.44 bits per heavy atom. The maximum absolute atomic E-state index is 9.80. The van der Waals surface area contributed by atoms with Crippen molar-refractivity contribution in [2.45, 2.75) is 0 Å². The number of carboxylic acids is 1. The topological polar surface area (TPSA) is 81.6 Å². The molecular formula is C4H10N2O3. The Morgan fingerprint density at radius 2 is 2.11 bits per heavy atom. The summed E-state index contributed by atoms with van der Waals surface area (Å²) in [6, 6.07) is 0. The fourth-order valence-electron chi connectivity index (χ4n) is 0.282. The molecule has 0 saturated heterocycles. The number of aliphatic hydroxyl groups excluding tert-OH is 1. The molecule has 5 nitrogen and oxygen atoms in total. The van der Waals surface area contributed by atoms with E-state index in [1.165, 1.54) is 0 Å². The van der Waals surface area contributed by atoms with Gasteiger partial charge in [-0.3, -0.25) is 10.2 Å². The molecule has 0 aromatic rings. The van der Waals surface area contributed by atoms with E-state index in [4.69, 9.17) is 10.2 Å². The third-order valence-electron chi connectivity index (χ3n) is 0.601. The van der Waals surface area contributed by atoms with Crippen molar-refractivity contribution in [1.29, 1.82) is 0 Å². The van der Waals surface area contributed by atoms with Crippen molar-refractivity contribution in [2.75, 3.05) is 19.7 Å². The second kappa shape index (κ2) is 5.49. The number of rotatable bonds is 5. The van der Waals surface area contributed by atoms with E-state index >= 15 is 0 Å². The summed E-state index contributed by atoms with van der Waals surface area (Å²) in [5.74, 6) is -0.930. The van der Waals surface area contributed by atoms with Crippen LogP contribution in [0.15, 0.2) is 0 Å². The van der Waals surface area contributed by atoms with Gasteiger partial charge in [-0.2, -0.15) is 0 Å². The van der Waals surface area contributed by atoms with Crippen molar-refractivity contribution in [2.24, 2.45) is 0 Å². The molecule has 0 atom stereocenters. The number of aliphatic carboxylic acids is 1. The van der Waals surface area contributed by atoms with Crippen molar-refractivity contribution in [3.05, 3.63) is 0 Å². The van der Waals surface area contributed by atoms with E-state index in [2.05, 4.69) is 10.9 Å². The summed E-state index contributed by atoms with van der Waals surface area (Å²) in [5.41, 5.74) is 4.86. The molecular weight excluding hydrogens is 124 g/mol. The molecule has 0 spiro atoms. The van der Waals surface area contributed by atoms with Crippen molar-refractivity contribution in [3.63, 3.8) is 0 Å². The second-order valence-electron chi connectivity index (χ2n) is 1.40. The van der Waals surface area contributed by atoms with E-state index in [-0.39, 0.29) is 13.2 Å². The first kappa shape index (κ1) is 8.35. The molecule has 0 radical (unpaired) electrons. The lowest BCUT2D eigenvalue weighted by Gasteiger charge is -1.99. The van der Waals surface area contributed by atoms with Crippen LogP contribution < -0.4 is 10.9 Å². The highest BCUT2D eigenvalue weighted by atomic mass is 16.4. The van der Waals surface area contributed by atoms with Crippen LogP contribution in [0.5, 0.6) is 0 Å². The van der Waals surface area contributed by atoms with E-state index in [0.29, 0.717) is 6.54 Å². The Bertz CT molecular complexity index is 85.9. The van der Waals surface area contributed by atoms with Gasteiger partial charge >= 0.3 is 5.97 Å². The van der Waals surface area contributed by atoms with Gasteiger partial charge in [0.05, 0.1) is 6.61 Å². The summed E-state index contributed by atoms with van der Waals surface area (Å²) >= 11 is 0. The molecule has 54 valence electrons. The highest BCUT2D eigenvalue weighted by molar-refractivity contribution is 5.68. The minimum absolute atomic E-state index is 0.00732. The summed E-state index contributed by atoms with van der Waals surface area (Å²) in [4.78, 5) is 9.80. The Hall–Kier alpha value is -0.650. The fraction of sp³-hybridized carbons (Fsp3) is 0.750. The first-order chi connectivity index (χ1) is 4.27. The highest BCUT2D eigenvalue weighted by Crippen LogP contribution is 1.55. The van der Waals surface area contributed by atoms with E-state index in [1.54, 1.807) is 0 Å². The zero-order valence-electron chi connectivity index (χ0n) is 4.92. The summed E-state index contributed by atoms with van der Waals surface area (Å²) in [7, 11) is 0. The zero-order chi connectivity index (χ0) is 7.11. The smallest absolute Gasteiger partial charge is 0.318 e. The molecule has 0 bridgehead atoms. The summed E-state index contributed by atoms with van der Waals surface area (Å²) in [5, 5.41) is 16.2. The Balaban J connectivity index is 2.83. The van der Waals surface area contributed by atoms with Gasteiger partial charge in [0, 0.05) is 6.54 Å². The van der Waals surface area contributed by atoms with Crippen molar-refractivity contribution in [1.82, 2.24) is 10.9 Å². The van der Waals surface area contributed by atoms with Crippen LogP contribution in [-0.4, -0.2) is 35.9 Å². The number of hydrazine groups is 1. The van der Waals surface area contributed by atoms with Gasteiger partial charge in [0.1, 0.15) is 6.54 Å². The molecule has 0 aliphatic heterocycles. The number of carbonyl (C=O) groups is 1. The first-order valence-electron chi connectivity index (χ1n) is 2.55. The number of nitrogens with one attached hydrogen (secondary N) is 2. The first-order valence-corrected chi connectivity index (χ1v) is 2.55. The monoisotopic (exact) mass is 134 g/mol. The molecule has 0 fully saturated rings. The van der Waals surface area contributed by atoms with Gasteiger partial charge in [-0.15, -0.1) is 0 Å². The van der Waals surface area contributed by atoms with Crippen molar-refractivity contribution in [3.8, 4) is 0 Å². The number of hydrogen-bond donors (Lipinski definition) is 4. The Kier molecular flexibility index (Phi) is 5.09. The lowest BCUT2D eigenvalue weighted by Crippen LogP contribution is -2.37. The van der Waals surface area contributed by atoms with Crippen LogP contribution in [0.4, 0.5) is 0 Å². The van der Waals surface area contributed by atoms with Crippen LogP contribution in [0.3, 0.4) is 0 Å². The third-order valence-corrected chi connectivity index (χ3v) is 0.601. The highest BCUT2D eigenvalue weighted by Gasteiger charge is 1.91. The standard InChI is InChI=1S/C4H10N2O3/c7-2-1-5-6-3-4(8)9/h5-7H,1-3H2,(H,8,9). The lowest BCUT2D eigenvalue weighted by molar-refractivity contribution is -0.136. The molecule has 9 heavy (non-hydrogen) atoms. The van der Waals surface area contributed by atoms with Crippen LogP contribution in [0.25, 0.3) is 0 Å². The van der Waals surface area contributed by atoms with E-state index in [9.17, 15) is 4.79 Å². The molecule has 0 aromatic carbocycles. The maximum atomic E-state index is 9.80. The zero-order valence-corrected chi connectivity index (χ0v) is 4.92. The number of hydrogen-bond acceptors (Lipinski definition) is 4. The molecule has 0 aliphatic rings. The van der Waals surface area contributed by atoms with Crippen LogP contribution in [0, 0.1) is 0 Å². The fourth-order valence-corrected chi connectivity index (χ4v) is 0.282. The van der Waals surface area contributed by atoms with Crippen LogP contribution >= 0.6 is 0 Å². The summed E-state index contributed by atoms with van der Waals surface area (Å²) < 4.78 is 0. The minimum Gasteiger partial charge on any atom is -0.480 e. The largest absolute Gasteiger partial charge is 0.480 e. The van der Waals surface area contributed by atoms with Gasteiger partial charge < -0.3 is 10.2 Å². The van der Waals surface area contributed by atoms with Gasteiger partial charge in [-0.1, -0.05) is 0 Å². The quantitative estimate of drug-likeness (QED) is 0.262. The molecule has 0 unspecified atom stereocenters. The second-order valence-corrected chi connectivity index (χ2v) is 1.40. The van der Waals surface area contributed by atoms with Crippen LogP contribution in [0.2, 0.25) is 0 Å². The Labute approximate surface area is 52.7 Å². The van der Waals surface area contributed by atoms with Gasteiger partial charge in [0.25, 0.3) is 0 Å². The van der Waals surface area contributed by atoms with E-state index in [0.717, 1.165) is 0 Å². The van der Waals surface area contributed by atoms with Crippen molar-refractivity contribution >= 4 is 5.97 Å². The third kappa shape index (κ3) is 7.35. The maximum Gasteiger partial charge on any atom is 0.318 e. The molecule has 0 rings (SSSR count). The molecule has 5 heteroatoms. The molecule has 0 saturated carbocycles. The molecule has 0 aliphatic carbocycles.